The third kappa shape index (κ3) is 1.25. The highest BCUT2D eigenvalue weighted by Crippen LogP contribution is 2.52. The molecule has 0 aromatic carbocycles. The molecule has 1 amide bonds. The number of carbonyl (C=O) groups excluding carboxylic acids is 2. The van der Waals surface area contributed by atoms with E-state index in [-0.39, 0.29) is 24.0 Å². The number of rotatable bonds is 2. The molecule has 0 aromatic heterocycles. The lowest BCUT2D eigenvalue weighted by molar-refractivity contribution is -0.151. The number of fused-ring (bicyclic) bond motifs is 1. The normalized spacial score (nSPS) is 40.8. The summed E-state index contributed by atoms with van der Waals surface area (Å²) in [5.41, 5.74) is -0.606. The lowest BCUT2D eigenvalue weighted by Gasteiger charge is -2.24. The van der Waals surface area contributed by atoms with Crippen LogP contribution in [0.15, 0.2) is 12.2 Å². The van der Waals surface area contributed by atoms with Crippen LogP contribution in [0.3, 0.4) is 0 Å². The highest BCUT2D eigenvalue weighted by Gasteiger charge is 2.67. The molecule has 5 heteroatoms. The smallest absolute Gasteiger partial charge is 0.312 e. The van der Waals surface area contributed by atoms with Gasteiger partial charge in [-0.15, -0.1) is 0 Å². The van der Waals surface area contributed by atoms with Gasteiger partial charge in [0.1, 0.15) is 11.5 Å². The maximum Gasteiger partial charge on any atom is 0.312 e. The summed E-state index contributed by atoms with van der Waals surface area (Å²) in [6, 6.07) is 0.117. The Balaban J connectivity index is 1.98. The Morgan fingerprint density at radius 3 is 2.94 bits per heavy atom. The summed E-state index contributed by atoms with van der Waals surface area (Å²) in [6.45, 7) is 4.48. The summed E-state index contributed by atoms with van der Waals surface area (Å²) in [5.74, 6) is -1.25. The Hall–Kier alpha value is -1.36. The fraction of sp³-hybridized carbons (Fsp3) is 0.692. The first-order valence-corrected chi connectivity index (χ1v) is 6.25. The van der Waals surface area contributed by atoms with Crippen LogP contribution in [0.4, 0.5) is 0 Å². The van der Waals surface area contributed by atoms with Crippen molar-refractivity contribution in [3.8, 4) is 0 Å². The fourth-order valence-electron chi connectivity index (χ4n) is 3.37. The van der Waals surface area contributed by atoms with Gasteiger partial charge in [0.25, 0.3) is 0 Å². The van der Waals surface area contributed by atoms with Gasteiger partial charge in [0.05, 0.1) is 25.7 Å². The van der Waals surface area contributed by atoms with Gasteiger partial charge in [0, 0.05) is 6.04 Å². The number of hydrogen-bond acceptors (Lipinski definition) is 4. The molecule has 0 unspecified atom stereocenters. The topological polar surface area (TPSA) is 55.8 Å². The largest absolute Gasteiger partial charge is 0.469 e. The number of likely N-dealkylation sites (tertiary alicyclic amines) is 1. The molecule has 18 heavy (non-hydrogen) atoms. The number of hydrogen-bond donors (Lipinski definition) is 0. The highest BCUT2D eigenvalue weighted by atomic mass is 16.5. The van der Waals surface area contributed by atoms with E-state index in [0.717, 1.165) is 0 Å². The van der Waals surface area contributed by atoms with E-state index in [0.29, 0.717) is 6.54 Å². The summed E-state index contributed by atoms with van der Waals surface area (Å²) >= 11 is 0. The van der Waals surface area contributed by atoms with Crippen LogP contribution in [-0.2, 0) is 19.1 Å². The zero-order chi connectivity index (χ0) is 13.1. The quantitative estimate of drug-likeness (QED) is 0.525. The van der Waals surface area contributed by atoms with Crippen molar-refractivity contribution in [3.63, 3.8) is 0 Å². The second kappa shape index (κ2) is 3.57. The molecule has 2 bridgehead atoms. The molecule has 3 aliphatic rings. The second-order valence-electron chi connectivity index (χ2n) is 5.48. The van der Waals surface area contributed by atoms with Crippen molar-refractivity contribution in [3.05, 3.63) is 12.2 Å². The standard InChI is InChI=1S/C13H17NO4/c1-7(2)14-6-13-5-4-8(18-13)9(12(16)17-3)10(13)11(14)15/h4-5,7-10H,6H2,1-3H3/t8-,9+,10+,13-/m0/s1. The number of ether oxygens (including phenoxy) is 2. The summed E-state index contributed by atoms with van der Waals surface area (Å²) in [7, 11) is 1.35. The SMILES string of the molecule is COC(=O)[C@@H]1[C@@H]2C=C[C@@]3(CN(C(C)C)C(=O)[C@@H]13)O2. The zero-order valence-electron chi connectivity index (χ0n) is 10.8. The number of methoxy groups -OCH3 is 1. The Bertz CT molecular complexity index is 444. The average molecular weight is 251 g/mol. The van der Waals surface area contributed by atoms with Gasteiger partial charge < -0.3 is 14.4 Å². The maximum absolute atomic E-state index is 12.4. The van der Waals surface area contributed by atoms with Crippen LogP contribution in [-0.4, -0.2) is 48.2 Å². The third-order valence-electron chi connectivity index (χ3n) is 4.23. The van der Waals surface area contributed by atoms with E-state index in [9.17, 15) is 9.59 Å². The first-order chi connectivity index (χ1) is 8.50. The van der Waals surface area contributed by atoms with Crippen molar-refractivity contribution in [2.24, 2.45) is 11.8 Å². The van der Waals surface area contributed by atoms with Gasteiger partial charge in [-0.25, -0.2) is 0 Å². The zero-order valence-corrected chi connectivity index (χ0v) is 10.8. The van der Waals surface area contributed by atoms with Gasteiger partial charge >= 0.3 is 5.97 Å². The molecule has 0 radical (unpaired) electrons. The third-order valence-corrected chi connectivity index (χ3v) is 4.23. The van der Waals surface area contributed by atoms with Crippen molar-refractivity contribution in [2.75, 3.05) is 13.7 Å². The summed E-state index contributed by atoms with van der Waals surface area (Å²) in [5, 5.41) is 0. The van der Waals surface area contributed by atoms with Gasteiger partial charge in [-0.05, 0) is 13.8 Å². The molecule has 5 nitrogen and oxygen atoms in total. The van der Waals surface area contributed by atoms with Crippen molar-refractivity contribution in [2.45, 2.75) is 31.6 Å². The molecule has 0 N–H and O–H groups in total. The van der Waals surface area contributed by atoms with E-state index in [1.165, 1.54) is 7.11 Å². The van der Waals surface area contributed by atoms with Gasteiger partial charge in [-0.2, -0.15) is 0 Å². The van der Waals surface area contributed by atoms with Crippen molar-refractivity contribution in [1.82, 2.24) is 4.90 Å². The van der Waals surface area contributed by atoms with Gasteiger partial charge in [0.2, 0.25) is 5.91 Å². The fourth-order valence-corrected chi connectivity index (χ4v) is 3.37. The van der Waals surface area contributed by atoms with Crippen LogP contribution in [0.1, 0.15) is 13.8 Å². The number of esters is 1. The van der Waals surface area contributed by atoms with E-state index in [4.69, 9.17) is 9.47 Å². The van der Waals surface area contributed by atoms with E-state index in [1.807, 2.05) is 26.0 Å². The van der Waals surface area contributed by atoms with E-state index < -0.39 is 17.4 Å². The van der Waals surface area contributed by atoms with Crippen LogP contribution >= 0.6 is 0 Å². The van der Waals surface area contributed by atoms with Crippen molar-refractivity contribution < 1.29 is 19.1 Å². The lowest BCUT2D eigenvalue weighted by Crippen LogP contribution is -2.40. The predicted molar refractivity (Wildman–Crippen MR) is 62.6 cm³/mol. The van der Waals surface area contributed by atoms with Gasteiger partial charge in [-0.1, -0.05) is 12.2 Å². The molecular weight excluding hydrogens is 234 g/mol. The van der Waals surface area contributed by atoms with E-state index in [1.54, 1.807) is 4.90 Å². The van der Waals surface area contributed by atoms with Gasteiger partial charge in [-0.3, -0.25) is 9.59 Å². The highest BCUT2D eigenvalue weighted by molar-refractivity contribution is 5.91. The molecule has 2 saturated heterocycles. The van der Waals surface area contributed by atoms with Crippen LogP contribution in [0.25, 0.3) is 0 Å². The Morgan fingerprint density at radius 1 is 1.61 bits per heavy atom. The Kier molecular flexibility index (Phi) is 2.32. The molecule has 98 valence electrons. The van der Waals surface area contributed by atoms with E-state index >= 15 is 0 Å². The van der Waals surface area contributed by atoms with Crippen LogP contribution < -0.4 is 0 Å². The molecule has 0 aliphatic carbocycles. The first kappa shape index (κ1) is 11.7. The Morgan fingerprint density at radius 2 is 2.33 bits per heavy atom. The van der Waals surface area contributed by atoms with Crippen LogP contribution in [0.5, 0.6) is 0 Å². The number of nitrogens with zero attached hydrogens (tertiary/aromatic N) is 1. The predicted octanol–water partition coefficient (Wildman–Crippen LogP) is 0.350. The minimum atomic E-state index is -0.606. The first-order valence-electron chi connectivity index (χ1n) is 6.25. The molecule has 4 atom stereocenters. The molecule has 1 spiro atoms. The van der Waals surface area contributed by atoms with Crippen LogP contribution in [0.2, 0.25) is 0 Å². The van der Waals surface area contributed by atoms with E-state index in [2.05, 4.69) is 0 Å². The lowest BCUT2D eigenvalue weighted by atomic mass is 9.77. The molecular formula is C13H17NO4. The van der Waals surface area contributed by atoms with Gasteiger partial charge in [0.15, 0.2) is 0 Å². The minimum Gasteiger partial charge on any atom is -0.469 e. The number of amides is 1. The molecule has 3 aliphatic heterocycles. The average Bonchev–Trinajstić information content (AvgIpc) is 2.96. The Labute approximate surface area is 106 Å². The molecule has 0 aromatic rings. The second-order valence-corrected chi connectivity index (χ2v) is 5.48. The minimum absolute atomic E-state index is 0.00671. The van der Waals surface area contributed by atoms with Crippen molar-refractivity contribution >= 4 is 11.9 Å². The maximum atomic E-state index is 12.4. The summed E-state index contributed by atoms with van der Waals surface area (Å²) < 4.78 is 10.7. The summed E-state index contributed by atoms with van der Waals surface area (Å²) in [4.78, 5) is 26.1. The summed E-state index contributed by atoms with van der Waals surface area (Å²) in [6.07, 6.45) is 3.53. The van der Waals surface area contributed by atoms with Crippen LogP contribution in [0, 0.1) is 11.8 Å². The van der Waals surface area contributed by atoms with Crippen molar-refractivity contribution in [1.29, 1.82) is 0 Å². The monoisotopic (exact) mass is 251 g/mol. The molecule has 2 fully saturated rings. The number of carbonyl (C=O) groups is 2. The molecule has 3 heterocycles. The molecule has 3 rings (SSSR count). The molecule has 0 saturated carbocycles.